The van der Waals surface area contributed by atoms with Gasteiger partial charge in [-0.3, -0.25) is 4.79 Å². The molecule has 0 saturated carbocycles. The monoisotopic (exact) mass is 418 g/mol. The summed E-state index contributed by atoms with van der Waals surface area (Å²) in [4.78, 5) is 16.6. The fraction of sp³-hybridized carbons (Fsp3) is 0.182. The third-order valence-electron chi connectivity index (χ3n) is 4.68. The van der Waals surface area contributed by atoms with E-state index < -0.39 is 0 Å². The lowest BCUT2D eigenvalue weighted by atomic mass is 10.0. The predicted octanol–water partition coefficient (Wildman–Crippen LogP) is 3.41. The average Bonchev–Trinajstić information content (AvgIpc) is 3.12. The number of hydrogen-bond acceptors (Lipinski definition) is 6. The molecule has 8 heteroatoms. The van der Waals surface area contributed by atoms with E-state index in [1.54, 1.807) is 0 Å². The number of aromatic nitrogens is 4. The van der Waals surface area contributed by atoms with Gasteiger partial charge in [0.1, 0.15) is 0 Å². The Balaban J connectivity index is 1.77. The molecule has 0 aliphatic carbocycles. The van der Waals surface area contributed by atoms with E-state index in [1.807, 2.05) is 37.3 Å². The van der Waals surface area contributed by atoms with Gasteiger partial charge in [-0.25, -0.2) is 9.66 Å². The van der Waals surface area contributed by atoms with E-state index in [4.69, 9.17) is 10.8 Å². The number of nitrogen functional groups attached to an aromatic ring is 1. The minimum Gasteiger partial charge on any atom is -0.356 e. The lowest BCUT2D eigenvalue weighted by Crippen LogP contribution is -2.24. The van der Waals surface area contributed by atoms with Crippen molar-refractivity contribution in [3.05, 3.63) is 60.2 Å². The molecule has 2 heterocycles. The molecule has 0 unspecified atom stereocenters. The fourth-order valence-electron chi connectivity index (χ4n) is 3.17. The molecule has 0 radical (unpaired) electrons. The van der Waals surface area contributed by atoms with Gasteiger partial charge in [0.05, 0.1) is 17.0 Å². The Labute approximate surface area is 178 Å². The molecule has 7 nitrogen and oxygen atoms in total. The molecule has 2 aromatic heterocycles. The lowest BCUT2D eigenvalue weighted by Gasteiger charge is -2.10. The number of pyridine rings is 1. The zero-order valence-corrected chi connectivity index (χ0v) is 17.6. The Morgan fingerprint density at radius 2 is 1.90 bits per heavy atom. The second-order valence-corrected chi connectivity index (χ2v) is 7.80. The van der Waals surface area contributed by atoms with Gasteiger partial charge in [0.2, 0.25) is 11.1 Å². The third kappa shape index (κ3) is 3.99. The number of para-hydroxylation sites is 1. The minimum atomic E-state index is -0.0666. The topological polar surface area (TPSA) is 98.7 Å². The van der Waals surface area contributed by atoms with E-state index in [1.165, 1.54) is 22.0 Å². The van der Waals surface area contributed by atoms with E-state index in [-0.39, 0.29) is 11.7 Å². The van der Waals surface area contributed by atoms with Crippen molar-refractivity contribution in [3.63, 3.8) is 0 Å². The molecule has 4 aromatic rings. The SMILES string of the molecule is CCNC(=O)CSc1nnc(-c2cc(-c3ccc(C)cc3)nc3ccccc23)n1N. The molecule has 0 fully saturated rings. The molecular weight excluding hydrogens is 396 g/mol. The van der Waals surface area contributed by atoms with Crippen molar-refractivity contribution in [2.45, 2.75) is 19.0 Å². The number of nitrogens with one attached hydrogen (secondary N) is 1. The Morgan fingerprint density at radius 3 is 2.67 bits per heavy atom. The second-order valence-electron chi connectivity index (χ2n) is 6.86. The summed E-state index contributed by atoms with van der Waals surface area (Å²) in [5.41, 5.74) is 4.74. The van der Waals surface area contributed by atoms with Crippen LogP contribution in [0.15, 0.2) is 59.8 Å². The van der Waals surface area contributed by atoms with Crippen molar-refractivity contribution in [2.24, 2.45) is 0 Å². The van der Waals surface area contributed by atoms with Gasteiger partial charge in [-0.05, 0) is 26.0 Å². The predicted molar refractivity (Wildman–Crippen MR) is 120 cm³/mol. The van der Waals surface area contributed by atoms with Crippen molar-refractivity contribution in [3.8, 4) is 22.6 Å². The number of amides is 1. The average molecular weight is 419 g/mol. The first-order chi connectivity index (χ1) is 14.6. The van der Waals surface area contributed by atoms with E-state index in [0.29, 0.717) is 17.5 Å². The number of aryl methyl sites for hydroxylation is 1. The third-order valence-corrected chi connectivity index (χ3v) is 5.62. The highest BCUT2D eigenvalue weighted by Crippen LogP contribution is 2.32. The van der Waals surface area contributed by atoms with Crippen molar-refractivity contribution >= 4 is 28.6 Å². The highest BCUT2D eigenvalue weighted by atomic mass is 32.2. The molecule has 0 spiro atoms. The molecule has 4 rings (SSSR count). The van der Waals surface area contributed by atoms with Gasteiger partial charge in [0.15, 0.2) is 5.82 Å². The Hall–Kier alpha value is -3.39. The summed E-state index contributed by atoms with van der Waals surface area (Å²) in [6.07, 6.45) is 0. The molecule has 3 N–H and O–H groups in total. The number of fused-ring (bicyclic) bond motifs is 1. The van der Waals surface area contributed by atoms with Crippen LogP contribution in [0, 0.1) is 6.92 Å². The first-order valence-electron chi connectivity index (χ1n) is 9.64. The van der Waals surface area contributed by atoms with E-state index in [9.17, 15) is 4.79 Å². The maximum Gasteiger partial charge on any atom is 0.230 e. The minimum absolute atomic E-state index is 0.0666. The molecule has 30 heavy (non-hydrogen) atoms. The number of thioether (sulfide) groups is 1. The van der Waals surface area contributed by atoms with Crippen LogP contribution in [0.1, 0.15) is 12.5 Å². The number of hydrogen-bond donors (Lipinski definition) is 2. The van der Waals surface area contributed by atoms with Gasteiger partial charge in [0.25, 0.3) is 0 Å². The maximum atomic E-state index is 11.8. The largest absolute Gasteiger partial charge is 0.356 e. The number of carbonyl (C=O) groups is 1. The van der Waals surface area contributed by atoms with Crippen LogP contribution in [-0.4, -0.2) is 38.1 Å². The highest BCUT2D eigenvalue weighted by Gasteiger charge is 2.17. The first-order valence-corrected chi connectivity index (χ1v) is 10.6. The summed E-state index contributed by atoms with van der Waals surface area (Å²) < 4.78 is 1.44. The summed E-state index contributed by atoms with van der Waals surface area (Å²) >= 11 is 1.25. The van der Waals surface area contributed by atoms with Crippen LogP contribution >= 0.6 is 11.8 Å². The summed E-state index contributed by atoms with van der Waals surface area (Å²) in [6.45, 7) is 4.52. The molecule has 0 aliphatic rings. The van der Waals surface area contributed by atoms with Crippen molar-refractivity contribution in [1.29, 1.82) is 0 Å². The lowest BCUT2D eigenvalue weighted by molar-refractivity contribution is -0.118. The standard InChI is InChI=1S/C22H22N6OS/c1-3-24-20(29)13-30-22-27-26-21(28(22)23)17-12-19(15-10-8-14(2)9-11-15)25-18-7-5-4-6-16(17)18/h4-12H,3,13,23H2,1-2H3,(H,24,29). The number of rotatable bonds is 6. The second kappa shape index (κ2) is 8.54. The maximum absolute atomic E-state index is 11.8. The van der Waals surface area contributed by atoms with Gasteiger partial charge in [-0.2, -0.15) is 0 Å². The van der Waals surface area contributed by atoms with Crippen molar-refractivity contribution in [1.82, 2.24) is 25.2 Å². The fourth-order valence-corrected chi connectivity index (χ4v) is 3.86. The highest BCUT2D eigenvalue weighted by molar-refractivity contribution is 7.99. The van der Waals surface area contributed by atoms with Gasteiger partial charge in [-0.15, -0.1) is 10.2 Å². The van der Waals surface area contributed by atoms with Crippen LogP contribution in [0.3, 0.4) is 0 Å². The number of carbonyl (C=O) groups excluding carboxylic acids is 1. The zero-order chi connectivity index (χ0) is 21.1. The quantitative estimate of drug-likeness (QED) is 0.368. The van der Waals surface area contributed by atoms with Crippen LogP contribution in [0.4, 0.5) is 0 Å². The molecule has 2 aromatic carbocycles. The molecular formula is C22H22N6OS. The molecule has 0 atom stereocenters. The van der Waals surface area contributed by atoms with Gasteiger partial charge in [-0.1, -0.05) is 59.8 Å². The summed E-state index contributed by atoms with van der Waals surface area (Å²) in [5.74, 6) is 7.01. The van der Waals surface area contributed by atoms with Gasteiger partial charge in [0, 0.05) is 23.1 Å². The molecule has 152 valence electrons. The van der Waals surface area contributed by atoms with Crippen molar-refractivity contribution in [2.75, 3.05) is 18.1 Å². The zero-order valence-electron chi connectivity index (χ0n) is 16.8. The Kier molecular flexibility index (Phi) is 5.67. The van der Waals surface area contributed by atoms with Crippen LogP contribution in [0.2, 0.25) is 0 Å². The van der Waals surface area contributed by atoms with E-state index in [0.717, 1.165) is 27.7 Å². The Morgan fingerprint density at radius 1 is 1.13 bits per heavy atom. The van der Waals surface area contributed by atoms with Crippen molar-refractivity contribution < 1.29 is 4.79 Å². The normalized spacial score (nSPS) is 11.0. The molecule has 0 aliphatic heterocycles. The summed E-state index contributed by atoms with van der Waals surface area (Å²) in [6, 6.07) is 18.1. The van der Waals surface area contributed by atoms with Gasteiger partial charge < -0.3 is 11.2 Å². The van der Waals surface area contributed by atoms with Gasteiger partial charge >= 0.3 is 0 Å². The summed E-state index contributed by atoms with van der Waals surface area (Å²) in [5, 5.41) is 12.7. The summed E-state index contributed by atoms with van der Waals surface area (Å²) in [7, 11) is 0. The van der Waals surface area contributed by atoms with Crippen LogP contribution < -0.4 is 11.2 Å². The first kappa shape index (κ1) is 19.9. The number of nitrogens with zero attached hydrogens (tertiary/aromatic N) is 4. The van der Waals surface area contributed by atoms with Crippen LogP contribution in [0.25, 0.3) is 33.5 Å². The molecule has 0 saturated heterocycles. The molecule has 0 bridgehead atoms. The smallest absolute Gasteiger partial charge is 0.230 e. The Bertz CT molecular complexity index is 1200. The van der Waals surface area contributed by atoms with E-state index in [2.05, 4.69) is 46.7 Å². The number of benzene rings is 2. The van der Waals surface area contributed by atoms with E-state index >= 15 is 0 Å². The molecule has 1 amide bonds. The van der Waals surface area contributed by atoms with Crippen LogP contribution in [-0.2, 0) is 4.79 Å². The number of nitrogens with two attached hydrogens (primary N) is 1. The van der Waals surface area contributed by atoms with Crippen LogP contribution in [0.5, 0.6) is 0 Å².